The minimum Gasteiger partial charge on any atom is -0.323 e. The molecule has 0 saturated carbocycles. The zero-order chi connectivity index (χ0) is 6.81. The molecule has 1 saturated heterocycles. The van der Waals surface area contributed by atoms with Crippen molar-refractivity contribution in [2.75, 3.05) is 11.5 Å². The normalized spacial score (nSPS) is 20.0. The van der Waals surface area contributed by atoms with Crippen LogP contribution in [-0.4, -0.2) is 16.5 Å². The Hall–Kier alpha value is -0.370. The van der Waals surface area contributed by atoms with Gasteiger partial charge in [-0.25, -0.2) is 0 Å². The third kappa shape index (κ3) is 1.08. The highest BCUT2D eigenvalue weighted by Crippen LogP contribution is 2.20. The summed E-state index contributed by atoms with van der Waals surface area (Å²) >= 11 is 0. The maximum Gasteiger partial charge on any atom is 0.224 e. The van der Waals surface area contributed by atoms with Crippen LogP contribution < -0.4 is 0 Å². The highest BCUT2D eigenvalue weighted by molar-refractivity contribution is 7.97. The van der Waals surface area contributed by atoms with E-state index in [9.17, 15) is 0 Å². The Morgan fingerprint density at radius 2 is 2.10 bits per heavy atom. The van der Waals surface area contributed by atoms with Crippen LogP contribution in [-0.2, 0) is 10.9 Å². The summed E-state index contributed by atoms with van der Waals surface area (Å²) in [4.78, 5) is 3.29. The monoisotopic (exact) mass is 154 g/mol. The zero-order valence-corrected chi connectivity index (χ0v) is 6.79. The topological polar surface area (TPSA) is 15.8 Å². The third-order valence-corrected chi connectivity index (χ3v) is 4.35. The summed E-state index contributed by atoms with van der Waals surface area (Å²) in [6.45, 7) is 0. The molecule has 1 aromatic heterocycles. The molecule has 1 aromatic rings. The second-order valence-corrected chi connectivity index (χ2v) is 4.88. The molecule has 0 spiro atoms. The molecule has 0 aromatic carbocycles. The van der Waals surface area contributed by atoms with Gasteiger partial charge in [0, 0.05) is 23.2 Å². The van der Waals surface area contributed by atoms with E-state index in [0.29, 0.717) is 10.9 Å². The fourth-order valence-electron chi connectivity index (χ4n) is 1.37. The first-order chi connectivity index (χ1) is 4.97. The van der Waals surface area contributed by atoms with Crippen LogP contribution in [0.1, 0.15) is 12.8 Å². The molecule has 2 heteroatoms. The fraction of sp³-hybridized carbons (Fsp3) is 0.500. The maximum atomic E-state index is 3.29. The van der Waals surface area contributed by atoms with Gasteiger partial charge in [0.15, 0.2) is 0 Å². The second kappa shape index (κ2) is 2.70. The van der Waals surface area contributed by atoms with Crippen molar-refractivity contribution in [1.82, 2.24) is 4.98 Å². The van der Waals surface area contributed by atoms with E-state index in [4.69, 9.17) is 0 Å². The van der Waals surface area contributed by atoms with E-state index in [1.165, 1.54) is 29.4 Å². The molecule has 1 aliphatic heterocycles. The van der Waals surface area contributed by atoms with Crippen LogP contribution in [0.15, 0.2) is 23.4 Å². The molecule has 10 heavy (non-hydrogen) atoms. The summed E-state index contributed by atoms with van der Waals surface area (Å²) < 4.78 is 0. The summed E-state index contributed by atoms with van der Waals surface area (Å²) in [7, 11) is 0.585. The average molecular weight is 154 g/mol. The first-order valence-corrected chi connectivity index (χ1v) is 5.34. The Morgan fingerprint density at radius 3 is 2.70 bits per heavy atom. The number of aromatic nitrogens is 1. The molecule has 0 radical (unpaired) electrons. The van der Waals surface area contributed by atoms with Gasteiger partial charge < -0.3 is 4.98 Å². The molecular formula is C8H12NS+. The van der Waals surface area contributed by atoms with Crippen LogP contribution >= 0.6 is 0 Å². The quantitative estimate of drug-likeness (QED) is 0.593. The minimum absolute atomic E-state index is 0.585. The predicted molar refractivity (Wildman–Crippen MR) is 45.4 cm³/mol. The summed E-state index contributed by atoms with van der Waals surface area (Å²) in [6.07, 6.45) is 4.89. The molecule has 0 unspecified atom stereocenters. The van der Waals surface area contributed by atoms with Crippen molar-refractivity contribution >= 4 is 10.9 Å². The molecule has 1 N–H and O–H groups in total. The molecule has 2 heterocycles. The maximum absolute atomic E-state index is 3.29. The third-order valence-electron chi connectivity index (χ3n) is 1.91. The highest BCUT2D eigenvalue weighted by Gasteiger charge is 2.26. The van der Waals surface area contributed by atoms with Crippen LogP contribution in [0.25, 0.3) is 0 Å². The Morgan fingerprint density at radius 1 is 1.30 bits per heavy atom. The molecule has 1 aliphatic rings. The standard InChI is InChI=1S/C8H12NS/c1-2-7-10(6-1)8-4-3-5-9-8/h3-5,9H,1-2,6-7H2/q+1. The second-order valence-electron chi connectivity index (χ2n) is 2.64. The van der Waals surface area contributed by atoms with Gasteiger partial charge in [-0.2, -0.15) is 0 Å². The van der Waals surface area contributed by atoms with Crippen molar-refractivity contribution in [2.45, 2.75) is 17.9 Å². The van der Waals surface area contributed by atoms with Gasteiger partial charge >= 0.3 is 0 Å². The molecular weight excluding hydrogens is 142 g/mol. The number of H-pyrrole nitrogens is 1. The lowest BCUT2D eigenvalue weighted by atomic mass is 10.4. The van der Waals surface area contributed by atoms with Gasteiger partial charge in [-0.3, -0.25) is 0 Å². The number of hydrogen-bond donors (Lipinski definition) is 1. The van der Waals surface area contributed by atoms with Crippen LogP contribution in [0.3, 0.4) is 0 Å². The van der Waals surface area contributed by atoms with E-state index < -0.39 is 0 Å². The summed E-state index contributed by atoms with van der Waals surface area (Å²) in [5, 5.41) is 1.47. The Balaban J connectivity index is 2.12. The van der Waals surface area contributed by atoms with Crippen molar-refractivity contribution < 1.29 is 0 Å². The zero-order valence-electron chi connectivity index (χ0n) is 5.97. The Bertz CT molecular complexity index is 187. The number of hydrogen-bond acceptors (Lipinski definition) is 0. The summed E-state index contributed by atoms with van der Waals surface area (Å²) in [5.41, 5.74) is 0. The van der Waals surface area contributed by atoms with E-state index >= 15 is 0 Å². The van der Waals surface area contributed by atoms with Gasteiger partial charge in [-0.05, 0) is 18.9 Å². The highest BCUT2D eigenvalue weighted by atomic mass is 32.2. The summed E-state index contributed by atoms with van der Waals surface area (Å²) in [5.74, 6) is 2.83. The molecule has 0 aliphatic carbocycles. The molecule has 2 rings (SSSR count). The van der Waals surface area contributed by atoms with E-state index in [1.807, 2.05) is 6.20 Å². The predicted octanol–water partition coefficient (Wildman–Crippen LogP) is 1.79. The number of nitrogens with one attached hydrogen (secondary N) is 1. The lowest BCUT2D eigenvalue weighted by Gasteiger charge is -1.93. The van der Waals surface area contributed by atoms with Crippen LogP contribution in [0, 0.1) is 0 Å². The van der Waals surface area contributed by atoms with Gasteiger partial charge in [-0.15, -0.1) is 0 Å². The number of rotatable bonds is 1. The molecule has 1 nitrogen and oxygen atoms in total. The first kappa shape index (κ1) is 6.35. The average Bonchev–Trinajstić information content (AvgIpc) is 2.59. The van der Waals surface area contributed by atoms with Crippen molar-refractivity contribution in [3.63, 3.8) is 0 Å². The van der Waals surface area contributed by atoms with Crippen LogP contribution in [0.5, 0.6) is 0 Å². The van der Waals surface area contributed by atoms with Gasteiger partial charge in [-0.1, -0.05) is 0 Å². The molecule has 54 valence electrons. The van der Waals surface area contributed by atoms with Gasteiger partial charge in [0.1, 0.15) is 11.5 Å². The van der Waals surface area contributed by atoms with Crippen molar-refractivity contribution in [3.8, 4) is 0 Å². The van der Waals surface area contributed by atoms with Crippen LogP contribution in [0.2, 0.25) is 0 Å². The SMILES string of the molecule is c1c[nH]c([S+]2CCCC2)c1. The lowest BCUT2D eigenvalue weighted by Crippen LogP contribution is -2.03. The largest absolute Gasteiger partial charge is 0.323 e. The van der Waals surface area contributed by atoms with E-state index in [-0.39, 0.29) is 0 Å². The van der Waals surface area contributed by atoms with Gasteiger partial charge in [0.05, 0.1) is 0 Å². The molecule has 0 amide bonds. The number of aromatic amines is 1. The van der Waals surface area contributed by atoms with E-state index in [2.05, 4.69) is 17.1 Å². The molecule has 0 bridgehead atoms. The molecule has 0 atom stereocenters. The lowest BCUT2D eigenvalue weighted by molar-refractivity contribution is 0.949. The minimum atomic E-state index is 0.585. The Kier molecular flexibility index (Phi) is 1.72. The summed E-state index contributed by atoms with van der Waals surface area (Å²) in [6, 6.07) is 4.31. The smallest absolute Gasteiger partial charge is 0.224 e. The van der Waals surface area contributed by atoms with Crippen molar-refractivity contribution in [1.29, 1.82) is 0 Å². The van der Waals surface area contributed by atoms with E-state index in [1.54, 1.807) is 0 Å². The van der Waals surface area contributed by atoms with E-state index in [0.717, 1.165) is 0 Å². The fourth-order valence-corrected chi connectivity index (χ4v) is 3.62. The Labute approximate surface area is 64.2 Å². The van der Waals surface area contributed by atoms with Gasteiger partial charge in [0.2, 0.25) is 5.03 Å². The first-order valence-electron chi connectivity index (χ1n) is 3.78. The van der Waals surface area contributed by atoms with Gasteiger partial charge in [0.25, 0.3) is 0 Å². The molecule has 1 fully saturated rings. The van der Waals surface area contributed by atoms with Crippen molar-refractivity contribution in [2.24, 2.45) is 0 Å². The van der Waals surface area contributed by atoms with Crippen LogP contribution in [0.4, 0.5) is 0 Å². The van der Waals surface area contributed by atoms with Crippen molar-refractivity contribution in [3.05, 3.63) is 18.3 Å².